The molecular formula is C14H21NO2S. The predicted octanol–water partition coefficient (Wildman–Crippen LogP) is 2.30. The van der Waals surface area contributed by atoms with Crippen LogP contribution >= 0.6 is 11.3 Å². The van der Waals surface area contributed by atoms with Gasteiger partial charge < -0.3 is 10.0 Å². The van der Waals surface area contributed by atoms with Crippen molar-refractivity contribution in [3.63, 3.8) is 0 Å². The molecule has 0 aromatic carbocycles. The monoisotopic (exact) mass is 267 g/mol. The van der Waals surface area contributed by atoms with Crippen molar-refractivity contribution in [2.75, 3.05) is 13.6 Å². The van der Waals surface area contributed by atoms with Gasteiger partial charge in [-0.25, -0.2) is 0 Å². The first-order valence-electron chi connectivity index (χ1n) is 6.61. The molecule has 1 aromatic heterocycles. The van der Waals surface area contributed by atoms with Crippen molar-refractivity contribution in [3.8, 4) is 0 Å². The Kier molecular flexibility index (Phi) is 4.78. The molecule has 1 heterocycles. The first-order chi connectivity index (χ1) is 8.66. The lowest BCUT2D eigenvalue weighted by Crippen LogP contribution is -2.35. The minimum absolute atomic E-state index is 0.145. The molecular weight excluding hydrogens is 246 g/mol. The van der Waals surface area contributed by atoms with Crippen LogP contribution in [0.25, 0.3) is 0 Å². The summed E-state index contributed by atoms with van der Waals surface area (Å²) in [5.74, 6) is 0.581. The minimum atomic E-state index is -0.323. The highest BCUT2D eigenvalue weighted by molar-refractivity contribution is 7.09. The molecule has 1 aromatic rings. The van der Waals surface area contributed by atoms with Crippen molar-refractivity contribution in [2.45, 2.75) is 38.2 Å². The van der Waals surface area contributed by atoms with Gasteiger partial charge >= 0.3 is 0 Å². The van der Waals surface area contributed by atoms with Gasteiger partial charge in [-0.2, -0.15) is 0 Å². The zero-order valence-corrected chi connectivity index (χ0v) is 11.7. The lowest BCUT2D eigenvalue weighted by Gasteiger charge is -2.20. The standard InChI is InChI=1S/C14H21NO2S/c1-15(10-13(16)11-7-8-11)14(17)6-2-4-12-5-3-9-18-12/h3,5,9,11,13,16H,2,4,6-8,10H2,1H3. The van der Waals surface area contributed by atoms with Crippen LogP contribution in [0.4, 0.5) is 0 Å². The summed E-state index contributed by atoms with van der Waals surface area (Å²) in [6.45, 7) is 0.489. The van der Waals surface area contributed by atoms with Gasteiger partial charge in [0.25, 0.3) is 0 Å². The summed E-state index contributed by atoms with van der Waals surface area (Å²) in [5, 5.41) is 11.9. The Morgan fingerprint density at radius 3 is 3.00 bits per heavy atom. The summed E-state index contributed by atoms with van der Waals surface area (Å²) >= 11 is 1.74. The largest absolute Gasteiger partial charge is 0.391 e. The van der Waals surface area contributed by atoms with Crippen molar-refractivity contribution >= 4 is 17.2 Å². The summed E-state index contributed by atoms with van der Waals surface area (Å²) in [6.07, 6.45) is 4.34. The van der Waals surface area contributed by atoms with E-state index in [4.69, 9.17) is 0 Å². The number of rotatable bonds is 7. The van der Waals surface area contributed by atoms with Crippen LogP contribution in [-0.2, 0) is 11.2 Å². The van der Waals surface area contributed by atoms with Crippen LogP contribution in [0.2, 0.25) is 0 Å². The van der Waals surface area contributed by atoms with E-state index >= 15 is 0 Å². The van der Waals surface area contributed by atoms with Crippen LogP contribution in [0.3, 0.4) is 0 Å². The smallest absolute Gasteiger partial charge is 0.222 e. The fourth-order valence-corrected chi connectivity index (χ4v) is 2.82. The van der Waals surface area contributed by atoms with Gasteiger partial charge in [0, 0.05) is 24.9 Å². The topological polar surface area (TPSA) is 40.5 Å². The number of nitrogens with zero attached hydrogens (tertiary/aromatic N) is 1. The molecule has 2 rings (SSSR count). The van der Waals surface area contributed by atoms with E-state index in [0.29, 0.717) is 18.9 Å². The highest BCUT2D eigenvalue weighted by Gasteiger charge is 2.30. The third-order valence-corrected chi connectivity index (χ3v) is 4.38. The van der Waals surface area contributed by atoms with Gasteiger partial charge in [0.1, 0.15) is 0 Å². The van der Waals surface area contributed by atoms with Crippen molar-refractivity contribution in [1.29, 1.82) is 0 Å². The van der Waals surface area contributed by atoms with Crippen LogP contribution < -0.4 is 0 Å². The minimum Gasteiger partial charge on any atom is -0.391 e. The molecule has 1 aliphatic carbocycles. The Hall–Kier alpha value is -0.870. The fourth-order valence-electron chi connectivity index (χ4n) is 2.07. The first kappa shape index (κ1) is 13.6. The molecule has 1 amide bonds. The average molecular weight is 267 g/mol. The van der Waals surface area contributed by atoms with Crippen molar-refractivity contribution in [1.82, 2.24) is 4.90 Å². The van der Waals surface area contributed by atoms with Gasteiger partial charge in [0.15, 0.2) is 0 Å². The van der Waals surface area contributed by atoms with Crippen molar-refractivity contribution in [3.05, 3.63) is 22.4 Å². The maximum Gasteiger partial charge on any atom is 0.222 e. The van der Waals surface area contributed by atoms with E-state index in [0.717, 1.165) is 25.7 Å². The lowest BCUT2D eigenvalue weighted by molar-refractivity contribution is -0.131. The second-order valence-electron chi connectivity index (χ2n) is 5.11. The summed E-state index contributed by atoms with van der Waals surface area (Å²) in [6, 6.07) is 4.15. The third kappa shape index (κ3) is 4.10. The molecule has 1 fully saturated rings. The number of carbonyl (C=O) groups is 1. The van der Waals surface area contributed by atoms with Gasteiger partial charge in [-0.15, -0.1) is 11.3 Å². The highest BCUT2D eigenvalue weighted by atomic mass is 32.1. The lowest BCUT2D eigenvalue weighted by atomic mass is 10.2. The number of aliphatic hydroxyl groups is 1. The van der Waals surface area contributed by atoms with Gasteiger partial charge in [0.2, 0.25) is 5.91 Å². The van der Waals surface area contributed by atoms with Crippen LogP contribution in [0.1, 0.15) is 30.6 Å². The predicted molar refractivity (Wildman–Crippen MR) is 73.6 cm³/mol. The normalized spacial score (nSPS) is 16.6. The molecule has 4 heteroatoms. The van der Waals surface area contributed by atoms with Crippen LogP contribution in [0.15, 0.2) is 17.5 Å². The molecule has 1 saturated carbocycles. The number of hydrogen-bond donors (Lipinski definition) is 1. The van der Waals surface area contributed by atoms with E-state index in [1.807, 2.05) is 6.07 Å². The molecule has 0 spiro atoms. The maximum atomic E-state index is 11.9. The Morgan fingerprint density at radius 1 is 1.61 bits per heavy atom. The second kappa shape index (κ2) is 6.34. The van der Waals surface area contributed by atoms with E-state index in [1.54, 1.807) is 23.3 Å². The average Bonchev–Trinajstić information content (AvgIpc) is 3.08. The van der Waals surface area contributed by atoms with E-state index in [1.165, 1.54) is 4.88 Å². The number of hydrogen-bond acceptors (Lipinski definition) is 3. The molecule has 1 N–H and O–H groups in total. The Labute approximate surface area is 112 Å². The summed E-state index contributed by atoms with van der Waals surface area (Å²) in [5.41, 5.74) is 0. The molecule has 1 atom stereocenters. The molecule has 1 aliphatic rings. The number of carbonyl (C=O) groups excluding carboxylic acids is 1. The van der Waals surface area contributed by atoms with Crippen LogP contribution in [-0.4, -0.2) is 35.6 Å². The van der Waals surface area contributed by atoms with Crippen molar-refractivity contribution in [2.24, 2.45) is 5.92 Å². The van der Waals surface area contributed by atoms with E-state index in [2.05, 4.69) is 11.4 Å². The molecule has 0 bridgehead atoms. The SMILES string of the molecule is CN(CC(O)C1CC1)C(=O)CCCc1cccs1. The number of thiophene rings is 1. The molecule has 18 heavy (non-hydrogen) atoms. The summed E-state index contributed by atoms with van der Waals surface area (Å²) < 4.78 is 0. The first-order valence-corrected chi connectivity index (χ1v) is 7.49. The molecule has 1 unspecified atom stereocenters. The number of aliphatic hydroxyl groups excluding tert-OH is 1. The summed E-state index contributed by atoms with van der Waals surface area (Å²) in [4.78, 5) is 14.9. The van der Waals surface area contributed by atoms with E-state index in [9.17, 15) is 9.90 Å². The third-order valence-electron chi connectivity index (χ3n) is 3.45. The van der Waals surface area contributed by atoms with Gasteiger partial charge in [-0.05, 0) is 43.0 Å². The summed E-state index contributed by atoms with van der Waals surface area (Å²) in [7, 11) is 1.79. The van der Waals surface area contributed by atoms with E-state index in [-0.39, 0.29) is 12.0 Å². The quantitative estimate of drug-likeness (QED) is 0.823. The molecule has 0 saturated heterocycles. The molecule has 0 aliphatic heterocycles. The zero-order valence-electron chi connectivity index (χ0n) is 10.8. The molecule has 100 valence electrons. The Bertz CT molecular complexity index is 373. The number of amides is 1. The van der Waals surface area contributed by atoms with Gasteiger partial charge in [-0.1, -0.05) is 6.07 Å². The van der Waals surface area contributed by atoms with Gasteiger partial charge in [0.05, 0.1) is 6.10 Å². The second-order valence-corrected chi connectivity index (χ2v) is 6.14. The maximum absolute atomic E-state index is 11.9. The fraction of sp³-hybridized carbons (Fsp3) is 0.643. The highest BCUT2D eigenvalue weighted by Crippen LogP contribution is 2.32. The Balaban J connectivity index is 1.63. The van der Waals surface area contributed by atoms with Crippen LogP contribution in [0.5, 0.6) is 0 Å². The number of likely N-dealkylation sites (N-methyl/N-ethyl adjacent to an activating group) is 1. The zero-order chi connectivity index (χ0) is 13.0. The Morgan fingerprint density at radius 2 is 2.39 bits per heavy atom. The van der Waals surface area contributed by atoms with E-state index < -0.39 is 0 Å². The van der Waals surface area contributed by atoms with Crippen molar-refractivity contribution < 1.29 is 9.90 Å². The van der Waals surface area contributed by atoms with Gasteiger partial charge in [-0.3, -0.25) is 4.79 Å². The molecule has 0 radical (unpaired) electrons. The van der Waals surface area contributed by atoms with Crippen LogP contribution in [0, 0.1) is 5.92 Å². The number of aryl methyl sites for hydroxylation is 1. The molecule has 3 nitrogen and oxygen atoms in total.